The highest BCUT2D eigenvalue weighted by atomic mass is 35.5. The number of ether oxygens (including phenoxy) is 1. The second kappa shape index (κ2) is 10.1. The standard InChI is InChI=1S/C16H23Cl2N3O2/c17-14-2-1-13(15(18)11-14)3-4-19-12-16(22)20-5-6-21-7-9-23-10-8-21/h1-2,11,19H,3-10,12H2,(H,20,22). The molecule has 1 aliphatic heterocycles. The molecule has 0 radical (unpaired) electrons. The van der Waals surface area contributed by atoms with Gasteiger partial charge in [0.1, 0.15) is 0 Å². The average Bonchev–Trinajstić information content (AvgIpc) is 2.54. The fraction of sp³-hybridized carbons (Fsp3) is 0.562. The summed E-state index contributed by atoms with van der Waals surface area (Å²) in [7, 11) is 0. The molecule has 1 aliphatic rings. The van der Waals surface area contributed by atoms with Crippen LogP contribution in [0.2, 0.25) is 10.0 Å². The fourth-order valence-corrected chi connectivity index (χ4v) is 2.89. The molecule has 23 heavy (non-hydrogen) atoms. The molecular weight excluding hydrogens is 337 g/mol. The number of hydrogen-bond donors (Lipinski definition) is 2. The summed E-state index contributed by atoms with van der Waals surface area (Å²) in [6, 6.07) is 5.46. The summed E-state index contributed by atoms with van der Waals surface area (Å²) in [6.07, 6.45) is 0.761. The number of rotatable bonds is 8. The van der Waals surface area contributed by atoms with Crippen molar-refractivity contribution in [1.29, 1.82) is 0 Å². The molecule has 0 atom stereocenters. The van der Waals surface area contributed by atoms with Crippen LogP contribution in [0.15, 0.2) is 18.2 Å². The van der Waals surface area contributed by atoms with Gasteiger partial charge in [0.25, 0.3) is 0 Å². The number of benzene rings is 1. The number of hydrogen-bond acceptors (Lipinski definition) is 4. The lowest BCUT2D eigenvalue weighted by atomic mass is 10.1. The molecule has 5 nitrogen and oxygen atoms in total. The SMILES string of the molecule is O=C(CNCCc1ccc(Cl)cc1Cl)NCCN1CCOCC1. The van der Waals surface area contributed by atoms with E-state index in [0.29, 0.717) is 29.7 Å². The average molecular weight is 360 g/mol. The van der Waals surface area contributed by atoms with E-state index in [1.165, 1.54) is 0 Å². The first-order chi connectivity index (χ1) is 11.1. The monoisotopic (exact) mass is 359 g/mol. The minimum Gasteiger partial charge on any atom is -0.379 e. The smallest absolute Gasteiger partial charge is 0.234 e. The van der Waals surface area contributed by atoms with E-state index in [0.717, 1.165) is 44.8 Å². The number of morpholine rings is 1. The van der Waals surface area contributed by atoms with Crippen LogP contribution < -0.4 is 10.6 Å². The van der Waals surface area contributed by atoms with E-state index in [4.69, 9.17) is 27.9 Å². The molecule has 0 spiro atoms. The first-order valence-corrected chi connectivity index (χ1v) is 8.62. The van der Waals surface area contributed by atoms with Crippen molar-refractivity contribution in [1.82, 2.24) is 15.5 Å². The molecule has 1 aromatic carbocycles. The zero-order valence-electron chi connectivity index (χ0n) is 13.1. The zero-order chi connectivity index (χ0) is 16.5. The van der Waals surface area contributed by atoms with Crippen LogP contribution >= 0.6 is 23.2 Å². The van der Waals surface area contributed by atoms with Crippen LogP contribution in [-0.4, -0.2) is 63.3 Å². The van der Waals surface area contributed by atoms with E-state index < -0.39 is 0 Å². The van der Waals surface area contributed by atoms with Crippen molar-refractivity contribution in [2.45, 2.75) is 6.42 Å². The Bertz CT molecular complexity index is 508. The van der Waals surface area contributed by atoms with Gasteiger partial charge in [0.15, 0.2) is 0 Å². The van der Waals surface area contributed by atoms with E-state index >= 15 is 0 Å². The Kier molecular flexibility index (Phi) is 8.12. The molecule has 1 amide bonds. The van der Waals surface area contributed by atoms with Crippen LogP contribution in [0.5, 0.6) is 0 Å². The Hall–Kier alpha value is -0.850. The Labute approximate surface area is 147 Å². The maximum Gasteiger partial charge on any atom is 0.234 e. The Morgan fingerprint density at radius 3 is 2.74 bits per heavy atom. The third-order valence-corrected chi connectivity index (χ3v) is 4.31. The second-order valence-electron chi connectivity index (χ2n) is 5.47. The highest BCUT2D eigenvalue weighted by molar-refractivity contribution is 6.35. The van der Waals surface area contributed by atoms with E-state index in [1.807, 2.05) is 12.1 Å². The van der Waals surface area contributed by atoms with Crippen LogP contribution in [0.25, 0.3) is 0 Å². The minimum absolute atomic E-state index is 0.0143. The lowest BCUT2D eigenvalue weighted by molar-refractivity contribution is -0.120. The first-order valence-electron chi connectivity index (χ1n) is 7.86. The Balaban J connectivity index is 1.54. The largest absolute Gasteiger partial charge is 0.379 e. The Morgan fingerprint density at radius 2 is 2.00 bits per heavy atom. The molecule has 1 saturated heterocycles. The maximum absolute atomic E-state index is 11.7. The van der Waals surface area contributed by atoms with E-state index in [-0.39, 0.29) is 5.91 Å². The van der Waals surface area contributed by atoms with Crippen molar-refractivity contribution in [3.05, 3.63) is 33.8 Å². The molecule has 0 unspecified atom stereocenters. The number of carbonyl (C=O) groups excluding carboxylic acids is 1. The van der Waals surface area contributed by atoms with Crippen molar-refractivity contribution in [3.8, 4) is 0 Å². The summed E-state index contributed by atoms with van der Waals surface area (Å²) in [4.78, 5) is 14.0. The second-order valence-corrected chi connectivity index (χ2v) is 6.31. The number of nitrogens with zero attached hydrogens (tertiary/aromatic N) is 1. The molecule has 2 rings (SSSR count). The van der Waals surface area contributed by atoms with Crippen LogP contribution in [0.4, 0.5) is 0 Å². The molecule has 7 heteroatoms. The minimum atomic E-state index is 0.0143. The predicted octanol–water partition coefficient (Wildman–Crippen LogP) is 1.57. The topological polar surface area (TPSA) is 53.6 Å². The third-order valence-electron chi connectivity index (χ3n) is 3.73. The van der Waals surface area contributed by atoms with Gasteiger partial charge in [-0.05, 0) is 30.7 Å². The molecule has 128 valence electrons. The van der Waals surface area contributed by atoms with Gasteiger partial charge in [-0.1, -0.05) is 29.3 Å². The molecule has 0 aromatic heterocycles. The molecule has 2 N–H and O–H groups in total. The molecule has 1 aromatic rings. The van der Waals surface area contributed by atoms with E-state index in [1.54, 1.807) is 6.07 Å². The summed E-state index contributed by atoms with van der Waals surface area (Å²) < 4.78 is 5.29. The molecule has 0 saturated carbocycles. The molecule has 1 heterocycles. The van der Waals surface area contributed by atoms with Crippen molar-refractivity contribution in [2.75, 3.05) is 52.5 Å². The lowest BCUT2D eigenvalue weighted by Gasteiger charge is -2.26. The van der Waals surface area contributed by atoms with Crippen molar-refractivity contribution < 1.29 is 9.53 Å². The first kappa shape index (κ1) is 18.5. The van der Waals surface area contributed by atoms with Crippen LogP contribution in [0.3, 0.4) is 0 Å². The third kappa shape index (κ3) is 7.06. The van der Waals surface area contributed by atoms with Gasteiger partial charge in [-0.25, -0.2) is 0 Å². The number of amides is 1. The maximum atomic E-state index is 11.7. The highest BCUT2D eigenvalue weighted by Gasteiger charge is 2.10. The van der Waals surface area contributed by atoms with Gasteiger partial charge in [-0.2, -0.15) is 0 Å². The van der Waals surface area contributed by atoms with Gasteiger partial charge in [0, 0.05) is 36.2 Å². The summed E-state index contributed by atoms with van der Waals surface area (Å²) in [5.41, 5.74) is 1.02. The van der Waals surface area contributed by atoms with Crippen molar-refractivity contribution in [3.63, 3.8) is 0 Å². The summed E-state index contributed by atoms with van der Waals surface area (Å²) in [6.45, 7) is 5.99. The normalized spacial score (nSPS) is 15.6. The van der Waals surface area contributed by atoms with Crippen LogP contribution in [0.1, 0.15) is 5.56 Å². The highest BCUT2D eigenvalue weighted by Crippen LogP contribution is 2.20. The lowest BCUT2D eigenvalue weighted by Crippen LogP contribution is -2.43. The quantitative estimate of drug-likeness (QED) is 0.691. The van der Waals surface area contributed by atoms with Gasteiger partial charge in [-0.3, -0.25) is 9.69 Å². The molecular formula is C16H23Cl2N3O2. The molecule has 0 aliphatic carbocycles. The molecule has 0 bridgehead atoms. The summed E-state index contributed by atoms with van der Waals surface area (Å²) >= 11 is 12.0. The van der Waals surface area contributed by atoms with Crippen molar-refractivity contribution >= 4 is 29.1 Å². The van der Waals surface area contributed by atoms with Gasteiger partial charge < -0.3 is 15.4 Å². The van der Waals surface area contributed by atoms with Crippen LogP contribution in [0, 0.1) is 0 Å². The summed E-state index contributed by atoms with van der Waals surface area (Å²) in [5.74, 6) is 0.0143. The van der Waals surface area contributed by atoms with E-state index in [2.05, 4.69) is 15.5 Å². The zero-order valence-corrected chi connectivity index (χ0v) is 14.6. The predicted molar refractivity (Wildman–Crippen MR) is 93.3 cm³/mol. The molecule has 1 fully saturated rings. The van der Waals surface area contributed by atoms with Gasteiger partial charge in [-0.15, -0.1) is 0 Å². The van der Waals surface area contributed by atoms with E-state index in [9.17, 15) is 4.79 Å². The summed E-state index contributed by atoms with van der Waals surface area (Å²) in [5, 5.41) is 7.34. The van der Waals surface area contributed by atoms with Gasteiger partial charge >= 0.3 is 0 Å². The van der Waals surface area contributed by atoms with Gasteiger partial charge in [0.05, 0.1) is 19.8 Å². The fourth-order valence-electron chi connectivity index (χ4n) is 2.39. The number of halogens is 2. The van der Waals surface area contributed by atoms with Gasteiger partial charge in [0.2, 0.25) is 5.91 Å². The van der Waals surface area contributed by atoms with Crippen LogP contribution in [-0.2, 0) is 16.0 Å². The number of carbonyl (C=O) groups is 1. The number of nitrogens with one attached hydrogen (secondary N) is 2. The van der Waals surface area contributed by atoms with Crippen molar-refractivity contribution in [2.24, 2.45) is 0 Å². The Morgan fingerprint density at radius 1 is 1.22 bits per heavy atom.